The second kappa shape index (κ2) is 6.35. The molecular formula is C11H24N2O3S. The number of carbonyl (C=O) groups excluding carboxylic acids is 1. The lowest BCUT2D eigenvalue weighted by molar-refractivity contribution is -0.133. The minimum absolute atomic E-state index is 0.199. The number of amides is 1. The first-order valence-electron chi connectivity index (χ1n) is 5.84. The molecule has 17 heavy (non-hydrogen) atoms. The zero-order chi connectivity index (χ0) is 13.8. The van der Waals surface area contributed by atoms with Crippen LogP contribution in [-0.4, -0.2) is 49.9 Å². The Morgan fingerprint density at radius 1 is 1.35 bits per heavy atom. The van der Waals surface area contributed by atoms with Gasteiger partial charge in [-0.2, -0.15) is 0 Å². The highest BCUT2D eigenvalue weighted by atomic mass is 32.2. The standard InChI is InChI=1S/C11H24N2O3S/c1-6-7-10(12)11(14)13(4)8(2)9(3)17(5,15)16/h8-10H,6-7,12H2,1-5H3. The molecule has 0 radical (unpaired) electrons. The van der Waals surface area contributed by atoms with Crippen molar-refractivity contribution in [3.05, 3.63) is 0 Å². The molecule has 0 saturated heterocycles. The molecule has 0 aliphatic rings. The van der Waals surface area contributed by atoms with E-state index in [9.17, 15) is 13.2 Å². The largest absolute Gasteiger partial charge is 0.340 e. The Labute approximate surface area is 104 Å². The number of carbonyl (C=O) groups is 1. The Morgan fingerprint density at radius 3 is 2.18 bits per heavy atom. The lowest BCUT2D eigenvalue weighted by Gasteiger charge is -2.30. The molecular weight excluding hydrogens is 240 g/mol. The first kappa shape index (κ1) is 16.4. The fraction of sp³-hybridized carbons (Fsp3) is 0.909. The van der Waals surface area contributed by atoms with Gasteiger partial charge in [-0.05, 0) is 20.3 Å². The molecule has 0 aromatic rings. The first-order chi connectivity index (χ1) is 7.62. The van der Waals surface area contributed by atoms with Gasteiger partial charge in [0.05, 0.1) is 11.3 Å². The normalized spacial score (nSPS) is 17.3. The van der Waals surface area contributed by atoms with Crippen LogP contribution in [0.25, 0.3) is 0 Å². The molecule has 0 aromatic heterocycles. The second-order valence-corrected chi connectivity index (χ2v) is 7.02. The van der Waals surface area contributed by atoms with Crippen LogP contribution < -0.4 is 5.73 Å². The number of likely N-dealkylation sites (N-methyl/N-ethyl adjacent to an activating group) is 1. The van der Waals surface area contributed by atoms with Crippen LogP contribution in [0.5, 0.6) is 0 Å². The molecule has 3 unspecified atom stereocenters. The average Bonchev–Trinajstić information content (AvgIpc) is 2.24. The number of nitrogens with two attached hydrogens (primary N) is 1. The average molecular weight is 264 g/mol. The highest BCUT2D eigenvalue weighted by molar-refractivity contribution is 7.91. The van der Waals surface area contributed by atoms with E-state index >= 15 is 0 Å². The molecule has 0 heterocycles. The number of hydrogen-bond acceptors (Lipinski definition) is 4. The zero-order valence-electron chi connectivity index (χ0n) is 11.3. The van der Waals surface area contributed by atoms with Crippen molar-refractivity contribution in [2.24, 2.45) is 5.73 Å². The molecule has 1 amide bonds. The van der Waals surface area contributed by atoms with Crippen molar-refractivity contribution < 1.29 is 13.2 Å². The van der Waals surface area contributed by atoms with E-state index in [2.05, 4.69) is 0 Å². The van der Waals surface area contributed by atoms with E-state index in [1.54, 1.807) is 20.9 Å². The van der Waals surface area contributed by atoms with Gasteiger partial charge in [0.1, 0.15) is 0 Å². The van der Waals surface area contributed by atoms with Crippen molar-refractivity contribution in [3.8, 4) is 0 Å². The van der Waals surface area contributed by atoms with Gasteiger partial charge in [-0.1, -0.05) is 13.3 Å². The van der Waals surface area contributed by atoms with E-state index in [4.69, 9.17) is 5.73 Å². The number of nitrogens with zero attached hydrogens (tertiary/aromatic N) is 1. The van der Waals surface area contributed by atoms with E-state index in [1.165, 1.54) is 11.2 Å². The van der Waals surface area contributed by atoms with Gasteiger partial charge in [0, 0.05) is 19.3 Å². The van der Waals surface area contributed by atoms with Gasteiger partial charge in [-0.15, -0.1) is 0 Å². The van der Waals surface area contributed by atoms with Crippen molar-refractivity contribution in [3.63, 3.8) is 0 Å². The molecule has 102 valence electrons. The Hall–Kier alpha value is -0.620. The third-order valence-corrected chi connectivity index (χ3v) is 4.97. The minimum Gasteiger partial charge on any atom is -0.340 e. The summed E-state index contributed by atoms with van der Waals surface area (Å²) in [6.07, 6.45) is 2.62. The van der Waals surface area contributed by atoms with Crippen molar-refractivity contribution in [2.45, 2.75) is 50.9 Å². The maximum absolute atomic E-state index is 11.9. The van der Waals surface area contributed by atoms with Crippen LogP contribution in [0.1, 0.15) is 33.6 Å². The van der Waals surface area contributed by atoms with Gasteiger partial charge in [-0.25, -0.2) is 8.42 Å². The maximum atomic E-state index is 11.9. The second-order valence-electron chi connectivity index (χ2n) is 4.62. The van der Waals surface area contributed by atoms with Crippen molar-refractivity contribution in [1.29, 1.82) is 0 Å². The predicted molar refractivity (Wildman–Crippen MR) is 69.4 cm³/mol. The van der Waals surface area contributed by atoms with Gasteiger partial charge >= 0.3 is 0 Å². The smallest absolute Gasteiger partial charge is 0.239 e. The summed E-state index contributed by atoms with van der Waals surface area (Å²) >= 11 is 0. The van der Waals surface area contributed by atoms with Crippen LogP contribution in [0.15, 0.2) is 0 Å². The Kier molecular flexibility index (Phi) is 6.12. The summed E-state index contributed by atoms with van der Waals surface area (Å²) in [5.41, 5.74) is 5.73. The van der Waals surface area contributed by atoms with Crippen LogP contribution >= 0.6 is 0 Å². The molecule has 0 aliphatic heterocycles. The molecule has 0 rings (SSSR count). The lowest BCUT2D eigenvalue weighted by atomic mass is 10.1. The van der Waals surface area contributed by atoms with E-state index in [-0.39, 0.29) is 11.9 Å². The minimum atomic E-state index is -3.15. The summed E-state index contributed by atoms with van der Waals surface area (Å²) < 4.78 is 22.9. The van der Waals surface area contributed by atoms with Gasteiger partial charge in [0.15, 0.2) is 9.84 Å². The molecule has 0 spiro atoms. The monoisotopic (exact) mass is 264 g/mol. The van der Waals surface area contributed by atoms with Crippen LogP contribution in [0.2, 0.25) is 0 Å². The fourth-order valence-electron chi connectivity index (χ4n) is 1.57. The quantitative estimate of drug-likeness (QED) is 0.752. The number of hydrogen-bond donors (Lipinski definition) is 1. The van der Waals surface area contributed by atoms with E-state index < -0.39 is 21.1 Å². The predicted octanol–water partition coefficient (Wildman–Crippen LogP) is 0.394. The van der Waals surface area contributed by atoms with Gasteiger partial charge < -0.3 is 10.6 Å². The Balaban J connectivity index is 4.71. The Bertz CT molecular complexity index is 354. The SMILES string of the molecule is CCCC(N)C(=O)N(C)C(C)C(C)S(C)(=O)=O. The number of rotatable bonds is 6. The van der Waals surface area contributed by atoms with Crippen molar-refractivity contribution >= 4 is 15.7 Å². The van der Waals surface area contributed by atoms with E-state index in [0.717, 1.165) is 6.42 Å². The molecule has 5 nitrogen and oxygen atoms in total. The summed E-state index contributed by atoms with van der Waals surface area (Å²) in [6, 6.07) is -0.917. The van der Waals surface area contributed by atoms with Crippen molar-refractivity contribution in [2.75, 3.05) is 13.3 Å². The molecule has 0 bridgehead atoms. The highest BCUT2D eigenvalue weighted by Crippen LogP contribution is 2.11. The molecule has 0 aliphatic carbocycles. The third-order valence-electron chi connectivity index (χ3n) is 3.23. The number of sulfone groups is 1. The molecule has 3 atom stereocenters. The summed E-state index contributed by atoms with van der Waals surface area (Å²) in [5, 5.41) is -0.592. The third kappa shape index (κ3) is 4.63. The highest BCUT2D eigenvalue weighted by Gasteiger charge is 2.29. The lowest BCUT2D eigenvalue weighted by Crippen LogP contribution is -2.50. The summed E-state index contributed by atoms with van der Waals surface area (Å²) in [4.78, 5) is 13.3. The summed E-state index contributed by atoms with van der Waals surface area (Å²) in [6.45, 7) is 5.28. The van der Waals surface area contributed by atoms with E-state index in [1.807, 2.05) is 6.92 Å². The summed E-state index contributed by atoms with van der Waals surface area (Å²) in [7, 11) is -1.55. The van der Waals surface area contributed by atoms with Crippen LogP contribution in [-0.2, 0) is 14.6 Å². The van der Waals surface area contributed by atoms with E-state index in [0.29, 0.717) is 6.42 Å². The van der Waals surface area contributed by atoms with Crippen LogP contribution in [0, 0.1) is 0 Å². The van der Waals surface area contributed by atoms with Gasteiger partial charge in [-0.3, -0.25) is 4.79 Å². The maximum Gasteiger partial charge on any atom is 0.239 e. The van der Waals surface area contributed by atoms with Gasteiger partial charge in [0.25, 0.3) is 0 Å². The summed E-state index contributed by atoms with van der Waals surface area (Å²) in [5.74, 6) is -0.199. The van der Waals surface area contributed by atoms with Gasteiger partial charge in [0.2, 0.25) is 5.91 Å². The molecule has 6 heteroatoms. The molecule has 2 N–H and O–H groups in total. The zero-order valence-corrected chi connectivity index (χ0v) is 12.1. The first-order valence-corrected chi connectivity index (χ1v) is 7.79. The van der Waals surface area contributed by atoms with Crippen LogP contribution in [0.4, 0.5) is 0 Å². The molecule has 0 fully saturated rings. The van der Waals surface area contributed by atoms with Crippen LogP contribution in [0.3, 0.4) is 0 Å². The molecule has 0 aromatic carbocycles. The topological polar surface area (TPSA) is 80.5 Å². The Morgan fingerprint density at radius 2 is 1.82 bits per heavy atom. The fourth-order valence-corrected chi connectivity index (χ4v) is 2.47. The molecule has 0 saturated carbocycles. The van der Waals surface area contributed by atoms with Crippen molar-refractivity contribution in [1.82, 2.24) is 4.90 Å².